The maximum atomic E-state index is 13.9. The molecule has 37 heavy (non-hydrogen) atoms. The first-order valence-corrected chi connectivity index (χ1v) is 12.2. The molecule has 0 radical (unpaired) electrons. The fourth-order valence-corrected chi connectivity index (χ4v) is 7.93. The van der Waals surface area contributed by atoms with Gasteiger partial charge >= 0.3 is 5.97 Å². The van der Waals surface area contributed by atoms with Crippen LogP contribution in [0.25, 0.3) is 0 Å². The first-order chi connectivity index (χ1) is 16.9. The summed E-state index contributed by atoms with van der Waals surface area (Å²) >= 11 is 0. The number of aliphatic hydroxyl groups excluding tert-OH is 3. The third-order valence-electron chi connectivity index (χ3n) is 9.85. The van der Waals surface area contributed by atoms with Gasteiger partial charge in [-0.3, -0.25) is 14.4 Å². The van der Waals surface area contributed by atoms with Crippen molar-refractivity contribution < 1.29 is 49.8 Å². The van der Waals surface area contributed by atoms with Crippen LogP contribution in [-0.4, -0.2) is 78.0 Å². The number of ketones is 2. The third-order valence-corrected chi connectivity index (χ3v) is 9.85. The summed E-state index contributed by atoms with van der Waals surface area (Å²) in [5, 5.41) is 67.1. The van der Waals surface area contributed by atoms with Gasteiger partial charge in [0, 0.05) is 10.8 Å². The Bertz CT molecular complexity index is 1230. The first kappa shape index (κ1) is 27.2. The Balaban J connectivity index is 2.06. The summed E-state index contributed by atoms with van der Waals surface area (Å²) in [6.07, 6.45) is -5.56. The summed E-state index contributed by atoms with van der Waals surface area (Å²) < 4.78 is 0. The molecule has 11 heteroatoms. The molecule has 1 aromatic rings. The van der Waals surface area contributed by atoms with E-state index >= 15 is 0 Å². The van der Waals surface area contributed by atoms with Crippen LogP contribution in [0, 0.1) is 34.5 Å². The van der Waals surface area contributed by atoms with Crippen LogP contribution >= 0.6 is 0 Å². The van der Waals surface area contributed by atoms with Crippen molar-refractivity contribution >= 4 is 23.4 Å². The SMILES string of the molecule is CC(C)[C@H]1C(O)[C@@H](C(N)=O)C(=O)[C@]2(O)C(O)[C@H]3C(=O)c4c(ccc(C(=O)O)c4O)[C@@H](C)[C@]3(C)[C@@H](O)[C@]12C. The molecule has 3 aliphatic carbocycles. The predicted octanol–water partition coefficient (Wildman–Crippen LogP) is -0.197. The second-order valence-electron chi connectivity index (χ2n) is 11.6. The van der Waals surface area contributed by atoms with Crippen LogP contribution in [0.1, 0.15) is 66.8 Å². The molecule has 2 unspecified atom stereocenters. The van der Waals surface area contributed by atoms with E-state index in [2.05, 4.69) is 0 Å². The molecule has 0 heterocycles. The minimum Gasteiger partial charge on any atom is -0.506 e. The van der Waals surface area contributed by atoms with E-state index < -0.39 is 99.1 Å². The number of benzene rings is 1. The summed E-state index contributed by atoms with van der Waals surface area (Å²) in [6, 6.07) is 2.49. The third kappa shape index (κ3) is 2.91. The molecule has 4 rings (SSSR count). The summed E-state index contributed by atoms with van der Waals surface area (Å²) in [5.41, 5.74) is -1.67. The van der Waals surface area contributed by atoms with E-state index in [9.17, 15) is 49.8 Å². The molecule has 0 spiro atoms. The number of Topliss-reactive ketones (excluding diaryl/α,β-unsaturated/α-hetero) is 2. The van der Waals surface area contributed by atoms with Crippen LogP contribution in [0.15, 0.2) is 12.1 Å². The highest BCUT2D eigenvalue weighted by molar-refractivity contribution is 6.10. The molecular formula is C26H33NO10. The Morgan fingerprint density at radius 1 is 1.08 bits per heavy atom. The van der Waals surface area contributed by atoms with Crippen molar-refractivity contribution in [2.75, 3.05) is 0 Å². The van der Waals surface area contributed by atoms with E-state index in [0.717, 1.165) is 6.07 Å². The number of carboxylic acid groups (broad SMARTS) is 1. The van der Waals surface area contributed by atoms with Crippen molar-refractivity contribution in [1.29, 1.82) is 0 Å². The highest BCUT2D eigenvalue weighted by Gasteiger charge is 2.80. The highest BCUT2D eigenvalue weighted by Crippen LogP contribution is 2.68. The number of aromatic carboxylic acids is 1. The lowest BCUT2D eigenvalue weighted by Crippen LogP contribution is -2.83. The second kappa shape index (κ2) is 8.07. The van der Waals surface area contributed by atoms with Gasteiger partial charge in [0.25, 0.3) is 0 Å². The molecule has 8 N–H and O–H groups in total. The normalized spacial score (nSPS) is 43.1. The number of rotatable bonds is 3. The number of amides is 1. The molecule has 0 aliphatic heterocycles. The minimum atomic E-state index is -2.89. The zero-order valence-corrected chi connectivity index (χ0v) is 21.2. The lowest BCUT2D eigenvalue weighted by Gasteiger charge is -2.69. The van der Waals surface area contributed by atoms with Crippen molar-refractivity contribution in [2.24, 2.45) is 40.2 Å². The van der Waals surface area contributed by atoms with Crippen LogP contribution in [0.5, 0.6) is 5.75 Å². The molecule has 3 aliphatic rings. The Labute approximate surface area is 212 Å². The van der Waals surface area contributed by atoms with Crippen molar-refractivity contribution in [3.05, 3.63) is 28.8 Å². The van der Waals surface area contributed by atoms with Gasteiger partial charge in [0.15, 0.2) is 17.2 Å². The summed E-state index contributed by atoms with van der Waals surface area (Å²) in [6.45, 7) is 7.81. The monoisotopic (exact) mass is 519 g/mol. The number of hydrogen-bond donors (Lipinski definition) is 7. The Morgan fingerprint density at radius 2 is 1.65 bits per heavy atom. The van der Waals surface area contributed by atoms with Crippen LogP contribution in [0.4, 0.5) is 0 Å². The molecule has 1 aromatic carbocycles. The number of phenols is 1. The van der Waals surface area contributed by atoms with E-state index in [1.165, 1.54) is 19.9 Å². The molecule has 2 saturated carbocycles. The maximum Gasteiger partial charge on any atom is 0.339 e. The molecule has 0 saturated heterocycles. The van der Waals surface area contributed by atoms with Gasteiger partial charge in [-0.05, 0) is 29.4 Å². The summed E-state index contributed by atoms with van der Waals surface area (Å²) in [4.78, 5) is 51.4. The molecule has 11 nitrogen and oxygen atoms in total. The standard InChI is InChI=1S/C26H33NO10/c1-8(2)14-18(30)13(21(27)33)19(31)26(37)20(32)15-17(29)12-10(6-7-11(16(12)28)22(34)35)9(3)24(15,4)23(36)25(14,26)5/h6-9,13-15,18,20,23,28,30,32,36-37H,1-5H3,(H2,27,33)(H,34,35)/t9-,13-,14+,15-,18?,20?,23-,24+,25+,26+/m1/s1. The number of fused-ring (bicyclic) bond motifs is 3. The van der Waals surface area contributed by atoms with E-state index in [1.807, 2.05) is 0 Å². The van der Waals surface area contributed by atoms with Crippen molar-refractivity contribution in [3.63, 3.8) is 0 Å². The molecular weight excluding hydrogens is 486 g/mol. The molecule has 202 valence electrons. The lowest BCUT2D eigenvalue weighted by molar-refractivity contribution is -0.306. The average Bonchev–Trinajstić information content (AvgIpc) is 2.78. The zero-order valence-electron chi connectivity index (χ0n) is 21.2. The van der Waals surface area contributed by atoms with Gasteiger partial charge in [-0.15, -0.1) is 0 Å². The van der Waals surface area contributed by atoms with E-state index in [4.69, 9.17) is 5.73 Å². The number of carbonyl (C=O) groups excluding carboxylic acids is 3. The average molecular weight is 520 g/mol. The number of aromatic hydroxyl groups is 1. The van der Waals surface area contributed by atoms with Gasteiger partial charge in [-0.1, -0.05) is 40.7 Å². The Morgan fingerprint density at radius 3 is 2.14 bits per heavy atom. The van der Waals surface area contributed by atoms with Crippen molar-refractivity contribution in [3.8, 4) is 5.75 Å². The van der Waals surface area contributed by atoms with Crippen LogP contribution < -0.4 is 5.73 Å². The molecule has 1 amide bonds. The zero-order chi connectivity index (χ0) is 28.2. The van der Waals surface area contributed by atoms with E-state index in [1.54, 1.807) is 20.8 Å². The number of carbonyl (C=O) groups is 4. The minimum absolute atomic E-state index is 0.227. The Hall–Kier alpha value is -2.86. The first-order valence-electron chi connectivity index (χ1n) is 12.2. The van der Waals surface area contributed by atoms with E-state index in [0.29, 0.717) is 0 Å². The Kier molecular flexibility index (Phi) is 5.93. The fourth-order valence-electron chi connectivity index (χ4n) is 7.93. The molecule has 0 aromatic heterocycles. The van der Waals surface area contributed by atoms with Gasteiger partial charge in [-0.25, -0.2) is 4.79 Å². The van der Waals surface area contributed by atoms with Gasteiger partial charge in [0.2, 0.25) is 5.91 Å². The molecule has 10 atom stereocenters. The van der Waals surface area contributed by atoms with Gasteiger partial charge in [-0.2, -0.15) is 0 Å². The molecule has 0 bridgehead atoms. The maximum absolute atomic E-state index is 13.9. The number of carboxylic acids is 1. The highest BCUT2D eigenvalue weighted by atomic mass is 16.4. The summed E-state index contributed by atoms with van der Waals surface area (Å²) in [5.74, 6) is -11.8. The largest absolute Gasteiger partial charge is 0.506 e. The summed E-state index contributed by atoms with van der Waals surface area (Å²) in [7, 11) is 0. The topological polar surface area (TPSA) is 216 Å². The van der Waals surface area contributed by atoms with E-state index in [-0.39, 0.29) is 11.1 Å². The second-order valence-corrected chi connectivity index (χ2v) is 11.6. The lowest BCUT2D eigenvalue weighted by atomic mass is 9.36. The number of aliphatic hydroxyl groups is 4. The van der Waals surface area contributed by atoms with Crippen molar-refractivity contribution in [1.82, 2.24) is 0 Å². The number of nitrogens with two attached hydrogens (primary N) is 1. The van der Waals surface area contributed by atoms with Crippen LogP contribution in [0.3, 0.4) is 0 Å². The number of hydrogen-bond acceptors (Lipinski definition) is 9. The van der Waals surface area contributed by atoms with Crippen LogP contribution in [-0.2, 0) is 9.59 Å². The predicted molar refractivity (Wildman–Crippen MR) is 127 cm³/mol. The number of primary amides is 1. The van der Waals surface area contributed by atoms with Gasteiger partial charge in [0.05, 0.1) is 23.7 Å². The smallest absolute Gasteiger partial charge is 0.339 e. The van der Waals surface area contributed by atoms with Gasteiger partial charge < -0.3 is 36.4 Å². The van der Waals surface area contributed by atoms with Gasteiger partial charge in [0.1, 0.15) is 23.3 Å². The van der Waals surface area contributed by atoms with Crippen LogP contribution in [0.2, 0.25) is 0 Å². The van der Waals surface area contributed by atoms with Crippen molar-refractivity contribution in [2.45, 2.75) is 64.4 Å². The quantitative estimate of drug-likeness (QED) is 0.261. The molecule has 2 fully saturated rings. The fraction of sp³-hybridized carbons (Fsp3) is 0.615.